The fourth-order valence-corrected chi connectivity index (χ4v) is 2.50. The first-order chi connectivity index (χ1) is 10.1. The summed E-state index contributed by atoms with van der Waals surface area (Å²) in [6, 6.07) is 6.89. The highest BCUT2D eigenvalue weighted by atomic mass is 32.2. The van der Waals surface area contributed by atoms with Crippen molar-refractivity contribution >= 4 is 11.8 Å². The van der Waals surface area contributed by atoms with Gasteiger partial charge in [0.1, 0.15) is 5.82 Å². The average molecular weight is 309 g/mol. The summed E-state index contributed by atoms with van der Waals surface area (Å²) in [6.07, 6.45) is 1.76. The maximum atomic E-state index is 12.8. The van der Waals surface area contributed by atoms with Crippen LogP contribution in [0, 0.1) is 5.82 Å². The van der Waals surface area contributed by atoms with Gasteiger partial charge < -0.3 is 9.84 Å². The number of benzene rings is 1. The van der Waals surface area contributed by atoms with Gasteiger partial charge in [-0.05, 0) is 37.2 Å². The molecule has 0 atom stereocenters. The molecule has 21 heavy (non-hydrogen) atoms. The largest absolute Gasteiger partial charge is 0.339 e. The van der Waals surface area contributed by atoms with E-state index in [1.54, 1.807) is 23.9 Å². The molecule has 0 amide bonds. The van der Waals surface area contributed by atoms with Gasteiger partial charge in [0.25, 0.3) is 0 Å². The van der Waals surface area contributed by atoms with E-state index >= 15 is 0 Å². The Kier molecular flexibility index (Phi) is 6.20. The lowest BCUT2D eigenvalue weighted by atomic mass is 10.3. The summed E-state index contributed by atoms with van der Waals surface area (Å²) in [7, 11) is 0. The molecule has 0 radical (unpaired) electrons. The van der Waals surface area contributed by atoms with Gasteiger partial charge in [0.05, 0.1) is 5.75 Å². The van der Waals surface area contributed by atoms with Crippen LogP contribution in [0.15, 0.2) is 33.7 Å². The molecule has 0 spiro atoms. The Hall–Kier alpha value is -1.40. The van der Waals surface area contributed by atoms with Gasteiger partial charge >= 0.3 is 0 Å². The van der Waals surface area contributed by atoms with Crippen LogP contribution in [0.25, 0.3) is 0 Å². The summed E-state index contributed by atoms with van der Waals surface area (Å²) in [5.74, 6) is 1.75. The summed E-state index contributed by atoms with van der Waals surface area (Å²) in [5, 5.41) is 7.31. The summed E-state index contributed by atoms with van der Waals surface area (Å²) in [6.45, 7) is 5.19. The van der Waals surface area contributed by atoms with Crippen LogP contribution in [0.3, 0.4) is 0 Å². The van der Waals surface area contributed by atoms with Crippen LogP contribution >= 0.6 is 11.8 Å². The van der Waals surface area contributed by atoms with Gasteiger partial charge in [-0.3, -0.25) is 0 Å². The van der Waals surface area contributed by atoms with E-state index in [4.69, 9.17) is 4.52 Å². The van der Waals surface area contributed by atoms with Crippen LogP contribution in [0.2, 0.25) is 0 Å². The molecule has 1 N–H and O–H groups in total. The zero-order valence-corrected chi connectivity index (χ0v) is 13.1. The van der Waals surface area contributed by atoms with E-state index < -0.39 is 0 Å². The van der Waals surface area contributed by atoms with E-state index in [2.05, 4.69) is 29.3 Å². The van der Waals surface area contributed by atoms with E-state index in [9.17, 15) is 4.39 Å². The molecule has 0 aliphatic carbocycles. The van der Waals surface area contributed by atoms with E-state index in [0.717, 1.165) is 24.3 Å². The molecule has 1 aromatic carbocycles. The Balaban J connectivity index is 1.73. The van der Waals surface area contributed by atoms with Gasteiger partial charge in [0.15, 0.2) is 5.82 Å². The molecule has 114 valence electrons. The van der Waals surface area contributed by atoms with Crippen LogP contribution in [0.1, 0.15) is 32.0 Å². The van der Waals surface area contributed by atoms with Gasteiger partial charge in [-0.15, -0.1) is 11.8 Å². The summed E-state index contributed by atoms with van der Waals surface area (Å²) >= 11 is 1.56. The SMILES string of the molecule is CC(C)NCCCc1nc(CSc2ccc(F)cc2)no1. The number of hydrogen-bond acceptors (Lipinski definition) is 5. The predicted molar refractivity (Wildman–Crippen MR) is 81.7 cm³/mol. The normalized spacial score (nSPS) is 11.2. The van der Waals surface area contributed by atoms with Crippen LogP contribution < -0.4 is 5.32 Å². The fraction of sp³-hybridized carbons (Fsp3) is 0.467. The van der Waals surface area contributed by atoms with Crippen molar-refractivity contribution in [3.63, 3.8) is 0 Å². The number of halogens is 1. The maximum absolute atomic E-state index is 12.8. The number of rotatable bonds is 8. The molecule has 0 saturated carbocycles. The molecular weight excluding hydrogens is 289 g/mol. The Morgan fingerprint density at radius 3 is 2.76 bits per heavy atom. The summed E-state index contributed by atoms with van der Waals surface area (Å²) < 4.78 is 18.0. The van der Waals surface area contributed by atoms with Crippen LogP contribution in [-0.2, 0) is 12.2 Å². The molecular formula is C15H20FN3OS. The highest BCUT2D eigenvalue weighted by Crippen LogP contribution is 2.21. The summed E-state index contributed by atoms with van der Waals surface area (Å²) in [5.41, 5.74) is 0. The van der Waals surface area contributed by atoms with Gasteiger partial charge in [-0.2, -0.15) is 4.98 Å². The van der Waals surface area contributed by atoms with E-state index in [1.807, 2.05) is 0 Å². The predicted octanol–water partition coefficient (Wildman–Crippen LogP) is 3.43. The third-order valence-electron chi connectivity index (χ3n) is 2.81. The fourth-order valence-electron chi connectivity index (χ4n) is 1.76. The van der Waals surface area contributed by atoms with Crippen LogP contribution in [0.4, 0.5) is 4.39 Å². The number of hydrogen-bond donors (Lipinski definition) is 1. The molecule has 0 fully saturated rings. The lowest BCUT2D eigenvalue weighted by molar-refractivity contribution is 0.370. The molecule has 4 nitrogen and oxygen atoms in total. The number of thioether (sulfide) groups is 1. The summed E-state index contributed by atoms with van der Waals surface area (Å²) in [4.78, 5) is 5.35. The minimum Gasteiger partial charge on any atom is -0.339 e. The molecule has 0 aliphatic heterocycles. The van der Waals surface area contributed by atoms with Crippen molar-refractivity contribution in [3.05, 3.63) is 41.8 Å². The minimum atomic E-state index is -0.226. The Morgan fingerprint density at radius 1 is 1.29 bits per heavy atom. The zero-order valence-electron chi connectivity index (χ0n) is 12.3. The van der Waals surface area contributed by atoms with Crippen molar-refractivity contribution in [3.8, 4) is 0 Å². The van der Waals surface area contributed by atoms with Gasteiger partial charge in [-0.25, -0.2) is 4.39 Å². The second-order valence-electron chi connectivity index (χ2n) is 5.06. The second-order valence-corrected chi connectivity index (χ2v) is 6.11. The second kappa shape index (κ2) is 8.14. The molecule has 1 aromatic heterocycles. The first kappa shape index (κ1) is 16.0. The van der Waals surface area contributed by atoms with Gasteiger partial charge in [0.2, 0.25) is 5.89 Å². The van der Waals surface area contributed by atoms with Crippen molar-refractivity contribution in [1.82, 2.24) is 15.5 Å². The van der Waals surface area contributed by atoms with E-state index in [1.165, 1.54) is 12.1 Å². The lowest BCUT2D eigenvalue weighted by Crippen LogP contribution is -2.23. The van der Waals surface area contributed by atoms with Crippen LogP contribution in [-0.4, -0.2) is 22.7 Å². The van der Waals surface area contributed by atoms with Crippen molar-refractivity contribution < 1.29 is 8.91 Å². The standard InChI is InChI=1S/C15H20FN3OS/c1-11(2)17-9-3-4-15-18-14(19-20-15)10-21-13-7-5-12(16)6-8-13/h5-8,11,17H,3-4,9-10H2,1-2H3. The monoisotopic (exact) mass is 309 g/mol. The Labute approximate surface area is 128 Å². The average Bonchev–Trinajstić information content (AvgIpc) is 2.91. The quantitative estimate of drug-likeness (QED) is 0.598. The van der Waals surface area contributed by atoms with Gasteiger partial charge in [-0.1, -0.05) is 19.0 Å². The number of nitrogens with one attached hydrogen (secondary N) is 1. The van der Waals surface area contributed by atoms with E-state index in [0.29, 0.717) is 23.5 Å². The molecule has 0 unspecified atom stereocenters. The molecule has 6 heteroatoms. The third kappa shape index (κ3) is 5.85. The topological polar surface area (TPSA) is 51.0 Å². The van der Waals surface area contributed by atoms with Crippen molar-refractivity contribution in [2.24, 2.45) is 0 Å². The van der Waals surface area contributed by atoms with Crippen LogP contribution in [0.5, 0.6) is 0 Å². The molecule has 2 rings (SSSR count). The highest BCUT2D eigenvalue weighted by molar-refractivity contribution is 7.98. The molecule has 0 aliphatic rings. The van der Waals surface area contributed by atoms with Crippen molar-refractivity contribution in [2.75, 3.05) is 6.54 Å². The maximum Gasteiger partial charge on any atom is 0.226 e. The van der Waals surface area contributed by atoms with E-state index in [-0.39, 0.29) is 5.82 Å². The van der Waals surface area contributed by atoms with Gasteiger partial charge in [0, 0.05) is 17.4 Å². The van der Waals surface area contributed by atoms with Crippen molar-refractivity contribution in [1.29, 1.82) is 0 Å². The smallest absolute Gasteiger partial charge is 0.226 e. The zero-order chi connectivity index (χ0) is 15.1. The molecule has 1 heterocycles. The Morgan fingerprint density at radius 2 is 2.05 bits per heavy atom. The highest BCUT2D eigenvalue weighted by Gasteiger charge is 2.07. The Bertz CT molecular complexity index is 542. The third-order valence-corrected chi connectivity index (χ3v) is 3.82. The number of nitrogens with zero attached hydrogens (tertiary/aromatic N) is 2. The van der Waals surface area contributed by atoms with Crippen molar-refractivity contribution in [2.45, 2.75) is 43.4 Å². The minimum absolute atomic E-state index is 0.226. The molecule has 0 bridgehead atoms. The molecule has 2 aromatic rings. The lowest BCUT2D eigenvalue weighted by Gasteiger charge is -2.05. The number of aryl methyl sites for hydroxylation is 1. The number of aromatic nitrogens is 2. The molecule has 0 saturated heterocycles. The first-order valence-electron chi connectivity index (χ1n) is 7.06. The first-order valence-corrected chi connectivity index (χ1v) is 8.05.